The molecule has 3 rings (SSSR count). The van der Waals surface area contributed by atoms with Crippen molar-refractivity contribution in [3.8, 4) is 0 Å². The van der Waals surface area contributed by atoms with Crippen molar-refractivity contribution in [2.45, 2.75) is 25.9 Å². The number of benzene rings is 2. The van der Waals surface area contributed by atoms with Gasteiger partial charge in [0.15, 0.2) is 0 Å². The first-order valence-electron chi connectivity index (χ1n) is 9.67. The summed E-state index contributed by atoms with van der Waals surface area (Å²) in [5.41, 5.74) is 14.6. The minimum absolute atomic E-state index is 0.00154. The van der Waals surface area contributed by atoms with Gasteiger partial charge in [-0.2, -0.15) is 4.98 Å². The molecular weight excluding hydrogens is 452 g/mol. The number of nitrogens with zero attached hydrogens (tertiary/aromatic N) is 2. The van der Waals surface area contributed by atoms with Crippen LogP contribution in [0.5, 0.6) is 0 Å². The van der Waals surface area contributed by atoms with Gasteiger partial charge >= 0.3 is 11.9 Å². The number of amides is 1. The molecule has 172 valence electrons. The van der Waals surface area contributed by atoms with Gasteiger partial charge in [-0.25, -0.2) is 9.78 Å². The van der Waals surface area contributed by atoms with E-state index in [2.05, 4.69) is 20.6 Å². The van der Waals surface area contributed by atoms with Crippen LogP contribution in [0.3, 0.4) is 0 Å². The minimum atomic E-state index is -1.59. The number of carbonyl (C=O) groups excluding carboxylic acids is 1. The maximum atomic E-state index is 12.5. The summed E-state index contributed by atoms with van der Waals surface area (Å²) < 4.78 is 0. The molecule has 0 fully saturated rings. The van der Waals surface area contributed by atoms with Crippen molar-refractivity contribution < 1.29 is 24.6 Å². The monoisotopic (exact) mass is 472 g/mol. The second kappa shape index (κ2) is 9.57. The van der Waals surface area contributed by atoms with Crippen LogP contribution in [-0.2, 0) is 16.1 Å². The number of aryl methyl sites for hydroxylation is 1. The average Bonchev–Trinajstić information content (AvgIpc) is 2.72. The van der Waals surface area contributed by atoms with Crippen LogP contribution in [0.4, 0.5) is 17.5 Å². The fourth-order valence-electron chi connectivity index (χ4n) is 3.29. The molecule has 1 atom stereocenters. The molecule has 0 aliphatic heterocycles. The van der Waals surface area contributed by atoms with E-state index in [9.17, 15) is 14.4 Å². The van der Waals surface area contributed by atoms with E-state index in [0.717, 1.165) is 11.1 Å². The molecule has 12 heteroatoms. The van der Waals surface area contributed by atoms with E-state index in [1.807, 2.05) is 13.0 Å². The van der Waals surface area contributed by atoms with Gasteiger partial charge in [0.1, 0.15) is 11.9 Å². The van der Waals surface area contributed by atoms with Crippen LogP contribution < -0.4 is 22.1 Å². The van der Waals surface area contributed by atoms with E-state index in [4.69, 9.17) is 33.3 Å². The zero-order valence-corrected chi connectivity index (χ0v) is 18.2. The molecule has 1 heterocycles. The lowest BCUT2D eigenvalue weighted by Gasteiger charge is -2.15. The third kappa shape index (κ3) is 5.39. The molecular formula is C21H21ClN6O5. The zero-order valence-electron chi connectivity index (χ0n) is 17.4. The maximum absolute atomic E-state index is 12.5. The largest absolute Gasteiger partial charge is 0.481 e. The van der Waals surface area contributed by atoms with Crippen molar-refractivity contribution in [1.82, 2.24) is 15.3 Å². The van der Waals surface area contributed by atoms with Crippen LogP contribution >= 0.6 is 11.6 Å². The number of nitrogen functional groups attached to an aromatic ring is 2. The van der Waals surface area contributed by atoms with E-state index < -0.39 is 30.3 Å². The van der Waals surface area contributed by atoms with E-state index in [-0.39, 0.29) is 22.4 Å². The van der Waals surface area contributed by atoms with Gasteiger partial charge in [0.25, 0.3) is 5.91 Å². The van der Waals surface area contributed by atoms with E-state index >= 15 is 0 Å². The highest BCUT2D eigenvalue weighted by atomic mass is 35.5. The number of nitrogens with one attached hydrogen (secondary N) is 2. The molecule has 2 aromatic carbocycles. The fourth-order valence-corrected chi connectivity index (χ4v) is 3.50. The Morgan fingerprint density at radius 1 is 1.12 bits per heavy atom. The number of fused-ring (bicyclic) bond motifs is 1. The number of rotatable bonds is 8. The van der Waals surface area contributed by atoms with Crippen LogP contribution in [0.15, 0.2) is 30.3 Å². The van der Waals surface area contributed by atoms with Crippen molar-refractivity contribution in [2.75, 3.05) is 16.8 Å². The second-order valence-corrected chi connectivity index (χ2v) is 7.63. The van der Waals surface area contributed by atoms with Gasteiger partial charge in [-0.3, -0.25) is 9.59 Å². The molecule has 0 spiro atoms. The summed E-state index contributed by atoms with van der Waals surface area (Å²) in [6, 6.07) is 6.63. The lowest BCUT2D eigenvalue weighted by Crippen LogP contribution is -2.42. The van der Waals surface area contributed by atoms with Gasteiger partial charge in [0.2, 0.25) is 5.95 Å². The molecule has 1 aromatic heterocycles. The van der Waals surface area contributed by atoms with Crippen molar-refractivity contribution in [1.29, 1.82) is 0 Å². The van der Waals surface area contributed by atoms with Gasteiger partial charge in [-0.1, -0.05) is 17.7 Å². The summed E-state index contributed by atoms with van der Waals surface area (Å²) in [7, 11) is 0. The Balaban J connectivity index is 1.80. The van der Waals surface area contributed by atoms with Crippen LogP contribution in [0.2, 0.25) is 5.02 Å². The SMILES string of the molecule is Cc1c(CNc2ccc(Cl)c(C(=O)N[C@@H](CC(=O)O)C(=O)O)c2)ccc2nc(N)nc(N)c12. The number of anilines is 3. The van der Waals surface area contributed by atoms with E-state index in [1.165, 1.54) is 12.1 Å². The molecule has 0 saturated heterocycles. The average molecular weight is 473 g/mol. The topological polar surface area (TPSA) is 194 Å². The molecule has 8 N–H and O–H groups in total. The standard InChI is InChI=1S/C21H21ClN6O5/c1-9-10(2-5-14-17(9)18(23)28-21(24)27-14)8-25-11-3-4-13(22)12(6-11)19(31)26-15(20(32)33)7-16(29)30/h2-6,15,25H,7-8H2,1H3,(H,26,31)(H,29,30)(H,32,33)(H4,23,24,27,28)/t15-/m0/s1. The number of halogens is 1. The third-order valence-electron chi connectivity index (χ3n) is 4.96. The third-order valence-corrected chi connectivity index (χ3v) is 5.29. The Morgan fingerprint density at radius 2 is 1.85 bits per heavy atom. The summed E-state index contributed by atoms with van der Waals surface area (Å²) in [6.07, 6.45) is -0.767. The molecule has 0 unspecified atom stereocenters. The minimum Gasteiger partial charge on any atom is -0.481 e. The quantitative estimate of drug-likeness (QED) is 0.282. The Morgan fingerprint density at radius 3 is 2.52 bits per heavy atom. The molecule has 3 aromatic rings. The number of hydrogen-bond donors (Lipinski definition) is 6. The Hall–Kier alpha value is -4.12. The number of carboxylic acids is 2. The van der Waals surface area contributed by atoms with Gasteiger partial charge in [0.05, 0.1) is 22.5 Å². The molecule has 0 saturated carbocycles. The number of aliphatic carboxylic acids is 2. The molecule has 11 nitrogen and oxygen atoms in total. The number of hydrogen-bond acceptors (Lipinski definition) is 8. The highest BCUT2D eigenvalue weighted by Gasteiger charge is 2.24. The highest BCUT2D eigenvalue weighted by Crippen LogP contribution is 2.27. The summed E-state index contributed by atoms with van der Waals surface area (Å²) in [4.78, 5) is 42.8. The summed E-state index contributed by atoms with van der Waals surface area (Å²) >= 11 is 6.11. The second-order valence-electron chi connectivity index (χ2n) is 7.22. The molecule has 1 amide bonds. The molecule has 0 aliphatic rings. The highest BCUT2D eigenvalue weighted by molar-refractivity contribution is 6.34. The van der Waals surface area contributed by atoms with Crippen molar-refractivity contribution in [2.24, 2.45) is 0 Å². The molecule has 0 radical (unpaired) electrons. The summed E-state index contributed by atoms with van der Waals surface area (Å²) in [5.74, 6) is -3.26. The van der Waals surface area contributed by atoms with Crippen molar-refractivity contribution >= 4 is 57.8 Å². The van der Waals surface area contributed by atoms with Gasteiger partial charge in [-0.05, 0) is 42.3 Å². The lowest BCUT2D eigenvalue weighted by atomic mass is 10.0. The lowest BCUT2D eigenvalue weighted by molar-refractivity contribution is -0.145. The fraction of sp³-hybridized carbons (Fsp3) is 0.190. The van der Waals surface area contributed by atoms with Crippen molar-refractivity contribution in [3.63, 3.8) is 0 Å². The number of aromatic nitrogens is 2. The summed E-state index contributed by atoms with van der Waals surface area (Å²) in [5, 5.41) is 24.1. The van der Waals surface area contributed by atoms with E-state index in [0.29, 0.717) is 23.1 Å². The number of nitrogens with two attached hydrogens (primary N) is 2. The van der Waals surface area contributed by atoms with Crippen LogP contribution in [-0.4, -0.2) is 44.1 Å². The normalized spacial score (nSPS) is 11.7. The van der Waals surface area contributed by atoms with Gasteiger partial charge in [-0.15, -0.1) is 0 Å². The molecule has 0 bridgehead atoms. The van der Waals surface area contributed by atoms with Crippen LogP contribution in [0.1, 0.15) is 27.9 Å². The van der Waals surface area contributed by atoms with E-state index in [1.54, 1.807) is 12.1 Å². The van der Waals surface area contributed by atoms with Crippen LogP contribution in [0, 0.1) is 6.92 Å². The first-order valence-corrected chi connectivity index (χ1v) is 10.0. The first-order chi connectivity index (χ1) is 15.6. The first kappa shape index (κ1) is 23.5. The number of carboxylic acid groups (broad SMARTS) is 2. The maximum Gasteiger partial charge on any atom is 0.326 e. The zero-order chi connectivity index (χ0) is 24.3. The van der Waals surface area contributed by atoms with Crippen molar-refractivity contribution in [3.05, 3.63) is 52.0 Å². The van der Waals surface area contributed by atoms with Gasteiger partial charge < -0.3 is 32.3 Å². The molecule has 33 heavy (non-hydrogen) atoms. The van der Waals surface area contributed by atoms with Gasteiger partial charge in [0, 0.05) is 17.6 Å². The summed E-state index contributed by atoms with van der Waals surface area (Å²) in [6.45, 7) is 2.25. The Labute approximate surface area is 192 Å². The smallest absolute Gasteiger partial charge is 0.326 e. The van der Waals surface area contributed by atoms with Crippen LogP contribution in [0.25, 0.3) is 10.9 Å². The molecule has 0 aliphatic carbocycles. The predicted octanol–water partition coefficient (Wildman–Crippen LogP) is 2.03. The number of carbonyl (C=O) groups is 3. The Bertz CT molecular complexity index is 1270. The Kier molecular flexibility index (Phi) is 6.83. The predicted molar refractivity (Wildman–Crippen MR) is 123 cm³/mol.